The minimum atomic E-state index is 0. The molecule has 0 N–H and O–H groups in total. The van der Waals surface area contributed by atoms with Gasteiger partial charge in [0.2, 0.25) is 0 Å². The normalized spacial score (nSPS) is 12.5. The molecule has 2 aromatic heterocycles. The van der Waals surface area contributed by atoms with Crippen molar-refractivity contribution in [2.45, 2.75) is 79.1 Å². The molecule has 0 bridgehead atoms. The Morgan fingerprint density at radius 1 is 0.528 bits per heavy atom. The van der Waals surface area contributed by atoms with Crippen LogP contribution in [0.4, 0.5) is 22.7 Å². The largest absolute Gasteiger partial charge is 0.473 e. The van der Waals surface area contributed by atoms with Crippen molar-refractivity contribution in [2.24, 2.45) is 0 Å². The number of nitrogens with zero attached hydrogens (tertiary/aromatic N) is 5. The molecule has 6 heteroatoms. The Kier molecular flexibility index (Phi) is 11.6. The number of fused-ring (bicyclic) bond motifs is 3. The van der Waals surface area contributed by atoms with Gasteiger partial charge in [-0.15, -0.1) is 6.67 Å². The molecule has 0 amide bonds. The van der Waals surface area contributed by atoms with Crippen LogP contribution < -0.4 is 14.8 Å². The van der Waals surface area contributed by atoms with Crippen LogP contribution in [0.3, 0.4) is 0 Å². The molecule has 1 aliphatic heterocycles. The maximum absolute atomic E-state index is 4.56. The summed E-state index contributed by atoms with van der Waals surface area (Å²) in [5.74, 6) is 2.48. The predicted molar refractivity (Wildman–Crippen MR) is 220 cm³/mol. The van der Waals surface area contributed by atoms with Crippen LogP contribution in [0.25, 0.3) is 33.3 Å². The average molecular weight is 881 g/mol. The summed E-state index contributed by atoms with van der Waals surface area (Å²) in [6.45, 7) is 20.7. The number of hydrogen-bond acceptors (Lipinski definition) is 4. The van der Waals surface area contributed by atoms with Crippen LogP contribution >= 0.6 is 0 Å². The van der Waals surface area contributed by atoms with Gasteiger partial charge in [-0.05, 0) is 86.4 Å². The molecule has 5 aromatic carbocycles. The molecule has 275 valence electrons. The molecule has 0 atom stereocenters. The minimum Gasteiger partial charge on any atom is -0.473 e. The average Bonchev–Trinajstić information content (AvgIpc) is 3.76. The first kappa shape index (κ1) is 38.1. The van der Waals surface area contributed by atoms with Crippen molar-refractivity contribution in [2.75, 3.05) is 9.80 Å². The fourth-order valence-electron chi connectivity index (χ4n) is 7.36. The van der Waals surface area contributed by atoms with Gasteiger partial charge >= 0.3 is 0 Å². The Bertz CT molecular complexity index is 2160. The zero-order valence-corrected chi connectivity index (χ0v) is 34.1. The van der Waals surface area contributed by atoms with Crippen molar-refractivity contribution in [3.8, 4) is 11.5 Å². The van der Waals surface area contributed by atoms with Gasteiger partial charge in [-0.1, -0.05) is 152 Å². The van der Waals surface area contributed by atoms with Crippen LogP contribution in [-0.4, -0.2) is 9.97 Å². The molecule has 0 spiro atoms. The number of imidazole rings is 1. The van der Waals surface area contributed by atoms with Gasteiger partial charge in [-0.25, -0.2) is 0 Å². The van der Waals surface area contributed by atoms with Crippen molar-refractivity contribution in [1.29, 1.82) is 0 Å². The second kappa shape index (κ2) is 16.1. The Morgan fingerprint density at radius 2 is 1.00 bits per heavy atom. The van der Waals surface area contributed by atoms with E-state index in [1.807, 2.05) is 42.5 Å². The summed E-state index contributed by atoms with van der Waals surface area (Å²) in [7, 11) is 0. The predicted octanol–water partition coefficient (Wildman–Crippen LogP) is 13.0. The van der Waals surface area contributed by atoms with Crippen LogP contribution in [0.1, 0.15) is 101 Å². The standard InChI is InChI=1S/C31H39N2.C16H10N3.Au/c1-20(2)24-13-11-14-25(21(3)4)30(24)32-19-33(29-18-10-9-17-28(29)32)31-26(22(5)6)15-12-16-27(31)23(7)8;1-2-6-12-11(5-1)9-10-17-15(12)16-18-13-7-3-4-8-14(13)19-16;/h9-23H,1-8H3;1-10H;/q2*-1;. The number of para-hydroxylation sites is 6. The zero-order valence-electron chi connectivity index (χ0n) is 32.0. The summed E-state index contributed by atoms with van der Waals surface area (Å²) in [4.78, 5) is 18.5. The molecule has 0 unspecified atom stereocenters. The van der Waals surface area contributed by atoms with E-state index in [1.54, 1.807) is 6.20 Å². The van der Waals surface area contributed by atoms with Crippen LogP contribution in [0.15, 0.2) is 121 Å². The maximum atomic E-state index is 4.56. The molecule has 0 saturated heterocycles. The van der Waals surface area contributed by atoms with E-state index in [0.29, 0.717) is 29.5 Å². The molecule has 3 heterocycles. The van der Waals surface area contributed by atoms with E-state index in [4.69, 9.17) is 0 Å². The van der Waals surface area contributed by atoms with E-state index >= 15 is 0 Å². The molecule has 7 aromatic rings. The quantitative estimate of drug-likeness (QED) is 0.118. The first-order chi connectivity index (χ1) is 25.1. The molecule has 1 radical (unpaired) electrons. The summed E-state index contributed by atoms with van der Waals surface area (Å²) in [5, 5.41) is 2.24. The molecule has 1 aliphatic rings. The van der Waals surface area contributed by atoms with Gasteiger partial charge in [0.1, 0.15) is 0 Å². The van der Waals surface area contributed by atoms with Crippen molar-refractivity contribution in [1.82, 2.24) is 15.0 Å². The van der Waals surface area contributed by atoms with Gasteiger partial charge in [-0.3, -0.25) is 4.98 Å². The van der Waals surface area contributed by atoms with Crippen LogP contribution in [-0.2, 0) is 22.4 Å². The van der Waals surface area contributed by atoms with Crippen molar-refractivity contribution < 1.29 is 22.4 Å². The molecular weight excluding hydrogens is 832 g/mol. The topological polar surface area (TPSA) is 46.4 Å². The first-order valence-corrected chi connectivity index (χ1v) is 18.7. The maximum Gasteiger partial charge on any atom is 0.0698 e. The van der Waals surface area contributed by atoms with Gasteiger partial charge in [-0.2, -0.15) is 0 Å². The number of hydrogen-bond donors (Lipinski definition) is 0. The number of anilines is 4. The third-order valence-corrected chi connectivity index (χ3v) is 10.0. The van der Waals surface area contributed by atoms with Gasteiger partial charge in [0.15, 0.2) is 0 Å². The van der Waals surface area contributed by atoms with E-state index in [0.717, 1.165) is 27.5 Å². The Balaban J connectivity index is 0.000000203. The van der Waals surface area contributed by atoms with Gasteiger partial charge in [0, 0.05) is 56.7 Å². The summed E-state index contributed by atoms with van der Waals surface area (Å²) in [5.41, 5.74) is 13.4. The second-order valence-corrected chi connectivity index (χ2v) is 14.9. The number of rotatable bonds is 7. The second-order valence-electron chi connectivity index (χ2n) is 14.9. The SMILES string of the molecule is CC(C)c1cccc(C(C)C)c1N1[CH-]N(c2c(C(C)C)cccc2C(C)C)c2ccccc21.[Au].c1ccc2c(-c3nc4ccccc4[n-]3)nccc2c1. The van der Waals surface area contributed by atoms with Crippen LogP contribution in [0.2, 0.25) is 0 Å². The molecular formula is C47H49AuN5-2. The Morgan fingerprint density at radius 3 is 1.51 bits per heavy atom. The van der Waals surface area contributed by atoms with E-state index in [-0.39, 0.29) is 22.4 Å². The monoisotopic (exact) mass is 880 g/mol. The molecule has 5 nitrogen and oxygen atoms in total. The summed E-state index contributed by atoms with van der Waals surface area (Å²) in [6.07, 6.45) is 1.80. The van der Waals surface area contributed by atoms with Crippen molar-refractivity contribution in [3.63, 3.8) is 0 Å². The van der Waals surface area contributed by atoms with E-state index in [9.17, 15) is 0 Å². The summed E-state index contributed by atoms with van der Waals surface area (Å²) < 4.78 is 0. The number of aromatic nitrogens is 3. The minimum absolute atomic E-state index is 0. The van der Waals surface area contributed by atoms with Crippen molar-refractivity contribution >= 4 is 44.6 Å². The van der Waals surface area contributed by atoms with Crippen LogP contribution in [0.5, 0.6) is 0 Å². The summed E-state index contributed by atoms with van der Waals surface area (Å²) >= 11 is 0. The zero-order chi connectivity index (χ0) is 36.5. The fourth-order valence-corrected chi connectivity index (χ4v) is 7.36. The fraction of sp³-hybridized carbons (Fsp3) is 0.255. The van der Waals surface area contributed by atoms with Crippen LogP contribution in [0, 0.1) is 6.67 Å². The van der Waals surface area contributed by atoms with Crippen molar-refractivity contribution in [3.05, 3.63) is 150 Å². The third-order valence-electron chi connectivity index (χ3n) is 10.0. The summed E-state index contributed by atoms with van der Waals surface area (Å²) in [6, 6.07) is 40.5. The van der Waals surface area contributed by atoms with E-state index in [1.165, 1.54) is 45.0 Å². The number of benzene rings is 5. The van der Waals surface area contributed by atoms with Gasteiger partial charge in [0.25, 0.3) is 0 Å². The Labute approximate surface area is 331 Å². The van der Waals surface area contributed by atoms with E-state index < -0.39 is 0 Å². The molecule has 8 rings (SSSR count). The smallest absolute Gasteiger partial charge is 0.0698 e. The van der Waals surface area contributed by atoms with E-state index in [2.05, 4.69) is 160 Å². The first-order valence-electron chi connectivity index (χ1n) is 18.7. The Hall–Kier alpha value is -4.68. The molecule has 0 saturated carbocycles. The number of pyridine rings is 1. The molecule has 53 heavy (non-hydrogen) atoms. The molecule has 0 fully saturated rings. The van der Waals surface area contributed by atoms with Gasteiger partial charge < -0.3 is 19.8 Å². The third kappa shape index (κ3) is 7.44. The molecule has 0 aliphatic carbocycles. The van der Waals surface area contributed by atoms with Gasteiger partial charge in [0.05, 0.1) is 5.69 Å².